The van der Waals surface area contributed by atoms with Crippen LogP contribution in [0.4, 0.5) is 0 Å². The number of aryl methyl sites for hydroxylation is 1. The SMILES string of the molecule is CCc1ccc(C(CN2CCCCC2)N2CCNC(C)C2)cc1. The highest BCUT2D eigenvalue weighted by Gasteiger charge is 2.27. The molecule has 0 aromatic heterocycles. The van der Waals surface area contributed by atoms with Gasteiger partial charge in [-0.2, -0.15) is 0 Å². The van der Waals surface area contributed by atoms with Gasteiger partial charge < -0.3 is 10.2 Å². The van der Waals surface area contributed by atoms with E-state index in [0.717, 1.165) is 19.5 Å². The smallest absolute Gasteiger partial charge is 0.0476 e. The molecule has 1 aromatic rings. The molecule has 1 N–H and O–H groups in total. The van der Waals surface area contributed by atoms with Crippen LogP contribution >= 0.6 is 0 Å². The molecule has 0 bridgehead atoms. The third kappa shape index (κ3) is 4.56. The first-order valence-corrected chi connectivity index (χ1v) is 9.55. The highest BCUT2D eigenvalue weighted by atomic mass is 15.3. The molecule has 2 atom stereocenters. The molecule has 0 saturated carbocycles. The van der Waals surface area contributed by atoms with E-state index >= 15 is 0 Å². The molecule has 1 aromatic carbocycles. The summed E-state index contributed by atoms with van der Waals surface area (Å²) in [7, 11) is 0. The van der Waals surface area contributed by atoms with Gasteiger partial charge in [-0.25, -0.2) is 0 Å². The third-order valence-corrected chi connectivity index (χ3v) is 5.49. The maximum atomic E-state index is 3.58. The van der Waals surface area contributed by atoms with Crippen LogP contribution in [0.1, 0.15) is 50.3 Å². The predicted octanol–water partition coefficient (Wildman–Crippen LogP) is 3.07. The van der Waals surface area contributed by atoms with Gasteiger partial charge in [0.05, 0.1) is 0 Å². The van der Waals surface area contributed by atoms with Gasteiger partial charge in [0.15, 0.2) is 0 Å². The average molecular weight is 316 g/mol. The van der Waals surface area contributed by atoms with Gasteiger partial charge in [0.25, 0.3) is 0 Å². The summed E-state index contributed by atoms with van der Waals surface area (Å²) in [5, 5.41) is 3.58. The molecule has 3 nitrogen and oxygen atoms in total. The fourth-order valence-corrected chi connectivity index (χ4v) is 4.04. The second-order valence-electron chi connectivity index (χ2n) is 7.32. The summed E-state index contributed by atoms with van der Waals surface area (Å²) in [6.45, 7) is 11.7. The number of piperidine rings is 1. The lowest BCUT2D eigenvalue weighted by Crippen LogP contribution is -2.52. The highest BCUT2D eigenvalue weighted by molar-refractivity contribution is 5.25. The van der Waals surface area contributed by atoms with Crippen LogP contribution in [0.2, 0.25) is 0 Å². The summed E-state index contributed by atoms with van der Waals surface area (Å²) in [5.74, 6) is 0. The van der Waals surface area contributed by atoms with Crippen molar-refractivity contribution in [2.75, 3.05) is 39.3 Å². The van der Waals surface area contributed by atoms with Crippen molar-refractivity contribution in [2.45, 2.75) is 51.6 Å². The Labute approximate surface area is 142 Å². The molecule has 0 amide bonds. The van der Waals surface area contributed by atoms with Crippen LogP contribution in [0.5, 0.6) is 0 Å². The molecule has 2 fully saturated rings. The maximum Gasteiger partial charge on any atom is 0.0476 e. The Kier molecular flexibility index (Phi) is 6.09. The van der Waals surface area contributed by atoms with Crippen LogP contribution < -0.4 is 5.32 Å². The van der Waals surface area contributed by atoms with Crippen molar-refractivity contribution in [2.24, 2.45) is 0 Å². The second kappa shape index (κ2) is 8.27. The molecule has 2 saturated heterocycles. The van der Waals surface area contributed by atoms with Gasteiger partial charge in [-0.05, 0) is 50.4 Å². The lowest BCUT2D eigenvalue weighted by atomic mass is 9.99. The maximum absolute atomic E-state index is 3.58. The van der Waals surface area contributed by atoms with Gasteiger partial charge in [0.2, 0.25) is 0 Å². The molecule has 0 radical (unpaired) electrons. The van der Waals surface area contributed by atoms with E-state index in [2.05, 4.69) is 53.2 Å². The van der Waals surface area contributed by atoms with E-state index in [0.29, 0.717) is 12.1 Å². The fraction of sp³-hybridized carbons (Fsp3) is 0.700. The summed E-state index contributed by atoms with van der Waals surface area (Å²) in [6, 6.07) is 10.5. The van der Waals surface area contributed by atoms with Crippen molar-refractivity contribution in [1.82, 2.24) is 15.1 Å². The average Bonchev–Trinajstić information content (AvgIpc) is 2.61. The molecule has 0 aliphatic carbocycles. The van der Waals surface area contributed by atoms with E-state index in [4.69, 9.17) is 0 Å². The van der Waals surface area contributed by atoms with Crippen LogP contribution in [0.3, 0.4) is 0 Å². The minimum Gasteiger partial charge on any atom is -0.312 e. The zero-order valence-electron chi connectivity index (χ0n) is 14.9. The Morgan fingerprint density at radius 2 is 1.83 bits per heavy atom. The third-order valence-electron chi connectivity index (χ3n) is 5.49. The Morgan fingerprint density at radius 3 is 2.48 bits per heavy atom. The molecule has 3 rings (SSSR count). The first-order chi connectivity index (χ1) is 11.3. The number of likely N-dealkylation sites (tertiary alicyclic amines) is 1. The van der Waals surface area contributed by atoms with Crippen molar-refractivity contribution in [1.29, 1.82) is 0 Å². The molecule has 0 spiro atoms. The highest BCUT2D eigenvalue weighted by Crippen LogP contribution is 2.25. The van der Waals surface area contributed by atoms with Crippen molar-refractivity contribution < 1.29 is 0 Å². The number of nitrogens with one attached hydrogen (secondary N) is 1. The van der Waals surface area contributed by atoms with Gasteiger partial charge in [-0.3, -0.25) is 4.90 Å². The first-order valence-electron chi connectivity index (χ1n) is 9.55. The number of nitrogens with zero attached hydrogens (tertiary/aromatic N) is 2. The summed E-state index contributed by atoms with van der Waals surface area (Å²) >= 11 is 0. The van der Waals surface area contributed by atoms with Gasteiger partial charge in [-0.15, -0.1) is 0 Å². The molecule has 3 heteroatoms. The summed E-state index contributed by atoms with van der Waals surface area (Å²) < 4.78 is 0. The fourth-order valence-electron chi connectivity index (χ4n) is 4.04. The molecule has 2 heterocycles. The normalized spacial score (nSPS) is 25.4. The lowest BCUT2D eigenvalue weighted by Gasteiger charge is -2.41. The van der Waals surface area contributed by atoms with Crippen LogP contribution in [0, 0.1) is 0 Å². The van der Waals surface area contributed by atoms with Gasteiger partial charge in [-0.1, -0.05) is 37.6 Å². The number of benzene rings is 1. The molecular formula is C20H33N3. The summed E-state index contributed by atoms with van der Waals surface area (Å²) in [6.07, 6.45) is 5.29. The number of hydrogen-bond acceptors (Lipinski definition) is 3. The van der Waals surface area contributed by atoms with Gasteiger partial charge in [0, 0.05) is 38.3 Å². The number of piperazine rings is 1. The minimum atomic E-state index is 0.545. The second-order valence-corrected chi connectivity index (χ2v) is 7.32. The van der Waals surface area contributed by atoms with Crippen molar-refractivity contribution >= 4 is 0 Å². The Morgan fingerprint density at radius 1 is 1.09 bits per heavy atom. The van der Waals surface area contributed by atoms with Crippen LogP contribution in [0.25, 0.3) is 0 Å². The van der Waals surface area contributed by atoms with Crippen LogP contribution in [-0.4, -0.2) is 55.1 Å². The van der Waals surface area contributed by atoms with E-state index in [-0.39, 0.29) is 0 Å². The van der Waals surface area contributed by atoms with Crippen molar-refractivity contribution in [3.8, 4) is 0 Å². The standard InChI is InChI=1S/C20H33N3/c1-3-18-7-9-19(10-8-18)20(16-22-12-5-4-6-13-22)23-14-11-21-17(2)15-23/h7-10,17,20-21H,3-6,11-16H2,1-2H3. The largest absolute Gasteiger partial charge is 0.312 e. The summed E-state index contributed by atoms with van der Waals surface area (Å²) in [5.41, 5.74) is 2.95. The molecule has 23 heavy (non-hydrogen) atoms. The first kappa shape index (κ1) is 16.9. The topological polar surface area (TPSA) is 18.5 Å². The van der Waals surface area contributed by atoms with E-state index in [1.807, 2.05) is 0 Å². The van der Waals surface area contributed by atoms with Crippen molar-refractivity contribution in [3.05, 3.63) is 35.4 Å². The van der Waals surface area contributed by atoms with Crippen LogP contribution in [-0.2, 0) is 6.42 Å². The zero-order valence-corrected chi connectivity index (χ0v) is 14.9. The summed E-state index contributed by atoms with van der Waals surface area (Å²) in [4.78, 5) is 5.39. The Hall–Kier alpha value is -0.900. The quantitative estimate of drug-likeness (QED) is 0.901. The monoisotopic (exact) mass is 315 g/mol. The number of rotatable bonds is 5. The predicted molar refractivity (Wildman–Crippen MR) is 97.9 cm³/mol. The minimum absolute atomic E-state index is 0.545. The molecular weight excluding hydrogens is 282 g/mol. The Balaban J connectivity index is 1.76. The van der Waals surface area contributed by atoms with E-state index in [1.165, 1.54) is 56.6 Å². The van der Waals surface area contributed by atoms with Gasteiger partial charge in [0.1, 0.15) is 0 Å². The van der Waals surface area contributed by atoms with Crippen LogP contribution in [0.15, 0.2) is 24.3 Å². The van der Waals surface area contributed by atoms with Gasteiger partial charge >= 0.3 is 0 Å². The number of hydrogen-bond donors (Lipinski definition) is 1. The molecule has 2 unspecified atom stereocenters. The van der Waals surface area contributed by atoms with E-state index in [9.17, 15) is 0 Å². The lowest BCUT2D eigenvalue weighted by molar-refractivity contribution is 0.100. The zero-order chi connectivity index (χ0) is 16.1. The van der Waals surface area contributed by atoms with E-state index in [1.54, 1.807) is 0 Å². The van der Waals surface area contributed by atoms with E-state index < -0.39 is 0 Å². The Bertz CT molecular complexity index is 464. The van der Waals surface area contributed by atoms with Crippen molar-refractivity contribution in [3.63, 3.8) is 0 Å². The molecule has 128 valence electrons. The molecule has 2 aliphatic rings. The molecule has 2 aliphatic heterocycles.